The van der Waals surface area contributed by atoms with Gasteiger partial charge in [0.05, 0.1) is 12.2 Å². The second kappa shape index (κ2) is 16.9. The van der Waals surface area contributed by atoms with Crippen LogP contribution < -0.4 is 26.8 Å². The van der Waals surface area contributed by atoms with E-state index >= 15 is 8.78 Å². The van der Waals surface area contributed by atoms with Gasteiger partial charge in [-0.05, 0) is 31.0 Å². The van der Waals surface area contributed by atoms with E-state index in [1.54, 1.807) is 55.5 Å². The molecule has 0 bridgehead atoms. The molecule has 0 spiro atoms. The Morgan fingerprint density at radius 2 is 1.55 bits per heavy atom. The van der Waals surface area contributed by atoms with Gasteiger partial charge in [0, 0.05) is 38.0 Å². The fraction of sp³-hybridized carbons (Fsp3) is 0.278. The standard InChI is InChI=1S/C36H38F2N6O5/c1-3-39-30(45)17-18-40-35(49)36(37,38)32(47)28(20-25-12-6-4-7-13-25)43-31(46)23-44-33(27-16-10-11-24(2)19-27)42-22-29(34(44)48)41-21-26-14-8-5-9-15-26/h4-16,19,22,28,41H,3,17-18,20-21,23H2,1-2H3,(H,39,45)(H,40,49)(H,43,46). The van der Waals surface area contributed by atoms with Crippen LogP contribution in [0.25, 0.3) is 11.4 Å². The second-order valence-electron chi connectivity index (χ2n) is 11.3. The molecule has 13 heteroatoms. The van der Waals surface area contributed by atoms with E-state index in [2.05, 4.69) is 20.9 Å². The number of nitrogens with one attached hydrogen (secondary N) is 4. The predicted octanol–water partition coefficient (Wildman–Crippen LogP) is 3.41. The number of benzene rings is 3. The molecule has 11 nitrogen and oxygen atoms in total. The van der Waals surface area contributed by atoms with Crippen LogP contribution in [0.1, 0.15) is 30.0 Å². The molecule has 4 rings (SSSR count). The molecule has 1 aromatic heterocycles. The average Bonchev–Trinajstić information content (AvgIpc) is 3.09. The number of amides is 3. The Balaban J connectivity index is 1.61. The first kappa shape index (κ1) is 36.1. The van der Waals surface area contributed by atoms with Crippen molar-refractivity contribution in [1.29, 1.82) is 0 Å². The zero-order valence-corrected chi connectivity index (χ0v) is 27.2. The number of hydrogen-bond donors (Lipinski definition) is 4. The molecule has 3 aromatic carbocycles. The molecule has 256 valence electrons. The number of carbonyl (C=O) groups excluding carboxylic acids is 4. The third-order valence-corrected chi connectivity index (χ3v) is 7.49. The van der Waals surface area contributed by atoms with Crippen LogP contribution in [0.4, 0.5) is 14.5 Å². The zero-order chi connectivity index (χ0) is 35.4. The average molecular weight is 673 g/mol. The largest absolute Gasteiger partial charge is 0.383 e. The Bertz CT molecular complexity index is 1830. The molecule has 0 fully saturated rings. The number of Topliss-reactive ketones (excluding diaryl/α,β-unsaturated/α-hetero) is 1. The van der Waals surface area contributed by atoms with Crippen LogP contribution in [-0.2, 0) is 38.7 Å². The molecule has 49 heavy (non-hydrogen) atoms. The Hall–Kier alpha value is -5.72. The number of nitrogens with zero attached hydrogens (tertiary/aromatic N) is 2. The Kier molecular flexibility index (Phi) is 12.5. The van der Waals surface area contributed by atoms with Crippen molar-refractivity contribution in [1.82, 2.24) is 25.5 Å². The van der Waals surface area contributed by atoms with E-state index in [1.807, 2.05) is 48.6 Å². The summed E-state index contributed by atoms with van der Waals surface area (Å²) in [6.45, 7) is 3.06. The van der Waals surface area contributed by atoms with Crippen LogP contribution in [0.3, 0.4) is 0 Å². The van der Waals surface area contributed by atoms with Crippen molar-refractivity contribution in [2.24, 2.45) is 0 Å². The summed E-state index contributed by atoms with van der Waals surface area (Å²) in [7, 11) is 0. The summed E-state index contributed by atoms with van der Waals surface area (Å²) in [5, 5.41) is 9.79. The van der Waals surface area contributed by atoms with Crippen molar-refractivity contribution in [2.45, 2.75) is 51.7 Å². The van der Waals surface area contributed by atoms with Crippen molar-refractivity contribution in [2.75, 3.05) is 18.4 Å². The molecule has 4 N–H and O–H groups in total. The quantitative estimate of drug-likeness (QED) is 0.133. The van der Waals surface area contributed by atoms with Crippen LogP contribution in [0.15, 0.2) is 95.9 Å². The summed E-state index contributed by atoms with van der Waals surface area (Å²) in [6, 6.07) is 22.7. The maximum atomic E-state index is 15.3. The summed E-state index contributed by atoms with van der Waals surface area (Å²) in [5.41, 5.74) is 2.24. The van der Waals surface area contributed by atoms with E-state index in [4.69, 9.17) is 0 Å². The van der Waals surface area contributed by atoms with Crippen molar-refractivity contribution in [3.63, 3.8) is 0 Å². The molecule has 1 heterocycles. The highest BCUT2D eigenvalue weighted by Gasteiger charge is 2.50. The van der Waals surface area contributed by atoms with Crippen LogP contribution in [0, 0.1) is 6.92 Å². The van der Waals surface area contributed by atoms with E-state index in [-0.39, 0.29) is 24.4 Å². The molecule has 0 saturated heterocycles. The van der Waals surface area contributed by atoms with Gasteiger partial charge in [-0.3, -0.25) is 28.5 Å². The highest BCUT2D eigenvalue weighted by atomic mass is 19.3. The van der Waals surface area contributed by atoms with Gasteiger partial charge in [0.25, 0.3) is 11.5 Å². The van der Waals surface area contributed by atoms with Gasteiger partial charge in [0.2, 0.25) is 17.6 Å². The fourth-order valence-electron chi connectivity index (χ4n) is 5.03. The fourth-order valence-corrected chi connectivity index (χ4v) is 5.03. The van der Waals surface area contributed by atoms with Crippen molar-refractivity contribution >= 4 is 29.2 Å². The van der Waals surface area contributed by atoms with Crippen molar-refractivity contribution < 1.29 is 28.0 Å². The van der Waals surface area contributed by atoms with Gasteiger partial charge in [-0.15, -0.1) is 0 Å². The first-order chi connectivity index (χ1) is 23.5. The van der Waals surface area contributed by atoms with E-state index in [0.717, 1.165) is 15.7 Å². The number of ketones is 1. The number of hydrogen-bond acceptors (Lipinski definition) is 7. The molecule has 0 aliphatic carbocycles. The highest BCUT2D eigenvalue weighted by Crippen LogP contribution is 2.21. The highest BCUT2D eigenvalue weighted by molar-refractivity contribution is 6.10. The first-order valence-electron chi connectivity index (χ1n) is 15.7. The summed E-state index contributed by atoms with van der Waals surface area (Å²) in [4.78, 5) is 69.2. The van der Waals surface area contributed by atoms with Crippen molar-refractivity contribution in [3.05, 3.63) is 118 Å². The number of anilines is 1. The van der Waals surface area contributed by atoms with Crippen LogP contribution in [-0.4, -0.2) is 58.1 Å². The molecule has 4 aromatic rings. The summed E-state index contributed by atoms with van der Waals surface area (Å²) in [5.74, 6) is -9.52. The minimum absolute atomic E-state index is 0.0980. The third-order valence-electron chi connectivity index (χ3n) is 7.49. The lowest BCUT2D eigenvalue weighted by atomic mass is 9.98. The van der Waals surface area contributed by atoms with E-state index < -0.39 is 54.1 Å². The van der Waals surface area contributed by atoms with Gasteiger partial charge >= 0.3 is 5.92 Å². The number of halogens is 2. The van der Waals surface area contributed by atoms with Gasteiger partial charge in [-0.1, -0.05) is 84.4 Å². The van der Waals surface area contributed by atoms with Gasteiger partial charge in [-0.25, -0.2) is 4.98 Å². The number of alkyl halides is 2. The second-order valence-corrected chi connectivity index (χ2v) is 11.3. The molecule has 0 aliphatic heterocycles. The molecule has 3 amide bonds. The Morgan fingerprint density at radius 1 is 0.878 bits per heavy atom. The smallest absolute Gasteiger partial charge is 0.375 e. The first-order valence-corrected chi connectivity index (χ1v) is 15.7. The molecule has 0 saturated carbocycles. The Labute approximate surface area is 282 Å². The lowest BCUT2D eigenvalue weighted by Crippen LogP contribution is -2.56. The minimum Gasteiger partial charge on any atom is -0.375 e. The SMILES string of the molecule is CCNC(=O)CCNC(=O)C(F)(F)C(=O)C(Cc1ccccc1)NC(=O)Cn1c(-c2cccc(C)c2)ncc(NCc2ccccc2)c1=O. The van der Waals surface area contributed by atoms with Crippen LogP contribution in [0.5, 0.6) is 0 Å². The normalized spacial score (nSPS) is 11.7. The summed E-state index contributed by atoms with van der Waals surface area (Å²) in [6.07, 6.45) is 0.743. The molecular formula is C36H38F2N6O5. The monoisotopic (exact) mass is 672 g/mol. The lowest BCUT2D eigenvalue weighted by molar-refractivity contribution is -0.160. The maximum Gasteiger partial charge on any atom is 0.383 e. The maximum absolute atomic E-state index is 15.3. The number of rotatable bonds is 16. The third kappa shape index (κ3) is 9.89. The lowest BCUT2D eigenvalue weighted by Gasteiger charge is -2.23. The zero-order valence-electron chi connectivity index (χ0n) is 27.2. The molecular weight excluding hydrogens is 634 g/mol. The summed E-state index contributed by atoms with van der Waals surface area (Å²) < 4.78 is 31.7. The van der Waals surface area contributed by atoms with Crippen LogP contribution >= 0.6 is 0 Å². The van der Waals surface area contributed by atoms with Gasteiger partial charge in [0.1, 0.15) is 18.1 Å². The molecule has 0 radical (unpaired) electrons. The predicted molar refractivity (Wildman–Crippen MR) is 181 cm³/mol. The van der Waals surface area contributed by atoms with E-state index in [0.29, 0.717) is 24.2 Å². The van der Waals surface area contributed by atoms with Gasteiger partial charge < -0.3 is 21.3 Å². The number of aromatic nitrogens is 2. The number of carbonyl (C=O) groups is 4. The Morgan fingerprint density at radius 3 is 2.20 bits per heavy atom. The van der Waals surface area contributed by atoms with E-state index in [9.17, 15) is 24.0 Å². The van der Waals surface area contributed by atoms with Crippen LogP contribution in [0.2, 0.25) is 0 Å². The minimum atomic E-state index is -4.54. The summed E-state index contributed by atoms with van der Waals surface area (Å²) >= 11 is 0. The van der Waals surface area contributed by atoms with Gasteiger partial charge in [0.15, 0.2) is 0 Å². The van der Waals surface area contributed by atoms with E-state index in [1.165, 1.54) is 6.20 Å². The topological polar surface area (TPSA) is 151 Å². The molecule has 1 unspecified atom stereocenters. The molecule has 0 aliphatic rings. The van der Waals surface area contributed by atoms with Gasteiger partial charge in [-0.2, -0.15) is 8.78 Å². The van der Waals surface area contributed by atoms with Crippen molar-refractivity contribution in [3.8, 4) is 11.4 Å². The molecule has 1 atom stereocenters. The number of aryl methyl sites for hydroxylation is 1.